The molecule has 1 aromatic carbocycles. The van der Waals surface area contributed by atoms with Crippen LogP contribution >= 0.6 is 35.6 Å². The average Bonchev–Trinajstić information content (AvgIpc) is 1.82. The van der Waals surface area contributed by atoms with E-state index in [1.807, 2.05) is 0 Å². The van der Waals surface area contributed by atoms with Crippen molar-refractivity contribution < 1.29 is 5.11 Å². The Balaban J connectivity index is 0.000001000. The molecule has 1 rings (SSSR count). The first-order valence-electron chi connectivity index (χ1n) is 2.86. The highest BCUT2D eigenvalue weighted by Gasteiger charge is 2.00. The van der Waals surface area contributed by atoms with Gasteiger partial charge in [-0.2, -0.15) is 0 Å². The van der Waals surface area contributed by atoms with E-state index in [0.29, 0.717) is 10.7 Å². The van der Waals surface area contributed by atoms with Crippen LogP contribution in [0.5, 0.6) is 5.75 Å². The van der Waals surface area contributed by atoms with Gasteiger partial charge in [0.1, 0.15) is 5.75 Å². The summed E-state index contributed by atoms with van der Waals surface area (Å²) in [7, 11) is 0. The Morgan fingerprint density at radius 1 is 1.45 bits per heavy atom. The standard InChI is InChI=1S/C7H8ClNO.HI/c1-4-2-5(10)3-6(8)7(4)9;/h2-3,10H,9H2,1H3;1H. The lowest BCUT2D eigenvalue weighted by atomic mass is 10.2. The molecule has 0 saturated heterocycles. The molecular weight excluding hydrogens is 276 g/mol. The summed E-state index contributed by atoms with van der Waals surface area (Å²) in [4.78, 5) is 0. The maximum Gasteiger partial charge on any atom is 0.117 e. The third kappa shape index (κ3) is 2.41. The Morgan fingerprint density at radius 2 is 2.00 bits per heavy atom. The Morgan fingerprint density at radius 3 is 2.45 bits per heavy atom. The van der Waals surface area contributed by atoms with E-state index in [4.69, 9.17) is 22.4 Å². The average molecular weight is 286 g/mol. The largest absolute Gasteiger partial charge is 0.508 e. The molecule has 0 radical (unpaired) electrons. The van der Waals surface area contributed by atoms with Gasteiger partial charge in [0.05, 0.1) is 10.7 Å². The summed E-state index contributed by atoms with van der Waals surface area (Å²) < 4.78 is 0. The molecule has 0 saturated carbocycles. The number of aryl methyl sites for hydroxylation is 1. The molecular formula is C7H9ClINO. The van der Waals surface area contributed by atoms with Gasteiger partial charge in [-0.25, -0.2) is 0 Å². The molecule has 1 aromatic rings. The maximum atomic E-state index is 8.98. The van der Waals surface area contributed by atoms with E-state index in [1.165, 1.54) is 6.07 Å². The summed E-state index contributed by atoms with van der Waals surface area (Å²) in [6, 6.07) is 2.99. The van der Waals surface area contributed by atoms with E-state index < -0.39 is 0 Å². The van der Waals surface area contributed by atoms with Gasteiger partial charge in [-0.1, -0.05) is 11.6 Å². The van der Waals surface area contributed by atoms with Gasteiger partial charge in [0, 0.05) is 6.07 Å². The molecule has 0 aliphatic carbocycles. The molecule has 0 amide bonds. The number of halogens is 2. The second kappa shape index (κ2) is 4.01. The summed E-state index contributed by atoms with van der Waals surface area (Å²) in [5.41, 5.74) is 6.83. The van der Waals surface area contributed by atoms with Crippen LogP contribution in [0.25, 0.3) is 0 Å². The lowest BCUT2D eigenvalue weighted by Crippen LogP contribution is -1.89. The number of rotatable bonds is 0. The van der Waals surface area contributed by atoms with Crippen molar-refractivity contribution >= 4 is 41.3 Å². The first-order valence-corrected chi connectivity index (χ1v) is 3.23. The Hall–Kier alpha value is -0.160. The number of hydrogen-bond acceptors (Lipinski definition) is 2. The van der Waals surface area contributed by atoms with Crippen molar-refractivity contribution in [3.63, 3.8) is 0 Å². The number of nitrogen functional groups attached to an aromatic ring is 1. The van der Waals surface area contributed by atoms with E-state index in [1.54, 1.807) is 13.0 Å². The van der Waals surface area contributed by atoms with Gasteiger partial charge >= 0.3 is 0 Å². The fourth-order valence-electron chi connectivity index (χ4n) is 0.737. The van der Waals surface area contributed by atoms with Gasteiger partial charge in [-0.15, -0.1) is 24.0 Å². The fraction of sp³-hybridized carbons (Fsp3) is 0.143. The topological polar surface area (TPSA) is 46.2 Å². The number of nitrogens with two attached hydrogens (primary N) is 1. The van der Waals surface area contributed by atoms with E-state index in [2.05, 4.69) is 0 Å². The first-order chi connectivity index (χ1) is 4.61. The SMILES string of the molecule is Cc1cc(O)cc(Cl)c1N.I. The monoisotopic (exact) mass is 285 g/mol. The Bertz CT molecular complexity index is 242. The fourth-order valence-corrected chi connectivity index (χ4v) is 0.998. The van der Waals surface area contributed by atoms with Crippen molar-refractivity contribution in [3.05, 3.63) is 22.7 Å². The van der Waals surface area contributed by atoms with Crippen molar-refractivity contribution in [3.8, 4) is 5.75 Å². The summed E-state index contributed by atoms with van der Waals surface area (Å²) in [6.07, 6.45) is 0. The van der Waals surface area contributed by atoms with Gasteiger partial charge in [0.2, 0.25) is 0 Å². The lowest BCUT2D eigenvalue weighted by molar-refractivity contribution is 0.475. The third-order valence-corrected chi connectivity index (χ3v) is 1.63. The van der Waals surface area contributed by atoms with Crippen LogP contribution in [0.2, 0.25) is 5.02 Å². The van der Waals surface area contributed by atoms with Crippen molar-refractivity contribution in [1.82, 2.24) is 0 Å². The quantitative estimate of drug-likeness (QED) is 0.437. The summed E-state index contributed by atoms with van der Waals surface area (Å²) in [5.74, 6) is 0.150. The second-order valence-corrected chi connectivity index (χ2v) is 2.57. The van der Waals surface area contributed by atoms with Crippen LogP contribution < -0.4 is 5.73 Å². The lowest BCUT2D eigenvalue weighted by Gasteiger charge is -2.01. The molecule has 0 bridgehead atoms. The predicted molar refractivity (Wildman–Crippen MR) is 57.7 cm³/mol. The van der Waals surface area contributed by atoms with Crippen molar-refractivity contribution in [2.75, 3.05) is 5.73 Å². The highest BCUT2D eigenvalue weighted by molar-refractivity contribution is 14.0. The van der Waals surface area contributed by atoms with E-state index in [9.17, 15) is 0 Å². The molecule has 62 valence electrons. The minimum absolute atomic E-state index is 0. The smallest absolute Gasteiger partial charge is 0.117 e. The normalized spacial score (nSPS) is 8.91. The minimum atomic E-state index is 0. The molecule has 0 aliphatic heterocycles. The minimum Gasteiger partial charge on any atom is -0.508 e. The van der Waals surface area contributed by atoms with Crippen LogP contribution in [0.1, 0.15) is 5.56 Å². The predicted octanol–water partition coefficient (Wildman–Crippen LogP) is 2.55. The summed E-state index contributed by atoms with van der Waals surface area (Å²) in [5, 5.41) is 9.38. The molecule has 0 fully saturated rings. The first kappa shape index (κ1) is 10.8. The zero-order chi connectivity index (χ0) is 7.72. The number of phenolic OH excluding ortho intramolecular Hbond substituents is 1. The molecule has 4 heteroatoms. The second-order valence-electron chi connectivity index (χ2n) is 2.16. The van der Waals surface area contributed by atoms with Gasteiger partial charge in [0.15, 0.2) is 0 Å². The Kier molecular flexibility index (Phi) is 3.96. The van der Waals surface area contributed by atoms with Crippen molar-refractivity contribution in [1.29, 1.82) is 0 Å². The zero-order valence-corrected chi connectivity index (χ0v) is 9.05. The molecule has 11 heavy (non-hydrogen) atoms. The summed E-state index contributed by atoms with van der Waals surface area (Å²) >= 11 is 5.63. The number of hydrogen-bond donors (Lipinski definition) is 2. The highest BCUT2D eigenvalue weighted by atomic mass is 127. The molecule has 2 nitrogen and oxygen atoms in total. The number of phenols is 1. The van der Waals surface area contributed by atoms with E-state index in [0.717, 1.165) is 5.56 Å². The molecule has 3 N–H and O–H groups in total. The van der Waals surface area contributed by atoms with Crippen LogP contribution in [-0.2, 0) is 0 Å². The van der Waals surface area contributed by atoms with Gasteiger partial charge in [-0.3, -0.25) is 0 Å². The molecule has 0 atom stereocenters. The van der Waals surface area contributed by atoms with E-state index >= 15 is 0 Å². The van der Waals surface area contributed by atoms with Crippen LogP contribution in [0.3, 0.4) is 0 Å². The van der Waals surface area contributed by atoms with E-state index in [-0.39, 0.29) is 29.7 Å². The third-order valence-electron chi connectivity index (χ3n) is 1.32. The number of anilines is 1. The van der Waals surface area contributed by atoms with Crippen LogP contribution in [0, 0.1) is 6.92 Å². The van der Waals surface area contributed by atoms with Gasteiger partial charge < -0.3 is 10.8 Å². The molecule has 0 aliphatic rings. The van der Waals surface area contributed by atoms with Crippen LogP contribution in [0.4, 0.5) is 5.69 Å². The van der Waals surface area contributed by atoms with Crippen LogP contribution in [-0.4, -0.2) is 5.11 Å². The van der Waals surface area contributed by atoms with Crippen molar-refractivity contribution in [2.45, 2.75) is 6.92 Å². The zero-order valence-electron chi connectivity index (χ0n) is 5.97. The molecule has 0 aromatic heterocycles. The highest BCUT2D eigenvalue weighted by Crippen LogP contribution is 2.26. The number of benzene rings is 1. The molecule has 0 spiro atoms. The van der Waals surface area contributed by atoms with Crippen LogP contribution in [0.15, 0.2) is 12.1 Å². The maximum absolute atomic E-state index is 8.98. The van der Waals surface area contributed by atoms with Crippen molar-refractivity contribution in [2.24, 2.45) is 0 Å². The molecule has 0 heterocycles. The van der Waals surface area contributed by atoms with Gasteiger partial charge in [-0.05, 0) is 18.6 Å². The molecule has 0 unspecified atom stereocenters. The van der Waals surface area contributed by atoms with Gasteiger partial charge in [0.25, 0.3) is 0 Å². The number of aromatic hydroxyl groups is 1. The Labute approximate surface area is 87.4 Å². The summed E-state index contributed by atoms with van der Waals surface area (Å²) in [6.45, 7) is 1.79.